The highest BCUT2D eigenvalue weighted by Crippen LogP contribution is 2.23. The van der Waals surface area contributed by atoms with Gasteiger partial charge in [0.15, 0.2) is 0 Å². The summed E-state index contributed by atoms with van der Waals surface area (Å²) in [6.07, 6.45) is 3.45. The summed E-state index contributed by atoms with van der Waals surface area (Å²) in [5, 5.41) is 3.44. The minimum atomic E-state index is 0.643. The van der Waals surface area contributed by atoms with Gasteiger partial charge >= 0.3 is 0 Å². The van der Waals surface area contributed by atoms with E-state index < -0.39 is 0 Å². The van der Waals surface area contributed by atoms with E-state index in [9.17, 15) is 0 Å². The molecule has 0 saturated carbocycles. The lowest BCUT2D eigenvalue weighted by atomic mass is 10.0. The highest BCUT2D eigenvalue weighted by molar-refractivity contribution is 5.50. The third kappa shape index (κ3) is 4.35. The van der Waals surface area contributed by atoms with Crippen LogP contribution in [-0.2, 0) is 4.74 Å². The monoisotopic (exact) mass is 290 g/mol. The van der Waals surface area contributed by atoms with Crippen molar-refractivity contribution in [3.63, 3.8) is 0 Å². The van der Waals surface area contributed by atoms with E-state index in [1.165, 1.54) is 12.1 Å². The Morgan fingerprint density at radius 1 is 1.19 bits per heavy atom. The summed E-state index contributed by atoms with van der Waals surface area (Å²) in [6, 6.07) is 8.54. The Morgan fingerprint density at radius 2 is 2.10 bits per heavy atom. The zero-order valence-electron chi connectivity index (χ0n) is 12.7. The minimum Gasteiger partial charge on any atom is -0.493 e. The molecule has 116 valence electrons. The summed E-state index contributed by atoms with van der Waals surface area (Å²) in [5.74, 6) is 1.64. The molecule has 0 spiro atoms. The average Bonchev–Trinajstić information content (AvgIpc) is 2.83. The molecule has 0 amide bonds. The Bertz CT molecular complexity index is 425. The Hall–Kier alpha value is -1.26. The molecular weight excluding hydrogens is 264 g/mol. The first-order chi connectivity index (χ1) is 10.4. The fourth-order valence-corrected chi connectivity index (χ4v) is 3.00. The second-order valence-corrected chi connectivity index (χ2v) is 5.95. The molecule has 0 atom stereocenters. The first-order valence-corrected chi connectivity index (χ1v) is 8.18. The van der Waals surface area contributed by atoms with Gasteiger partial charge in [-0.05, 0) is 43.9 Å². The van der Waals surface area contributed by atoms with E-state index in [1.807, 2.05) is 0 Å². The van der Waals surface area contributed by atoms with Crippen molar-refractivity contribution in [3.8, 4) is 5.75 Å². The fraction of sp³-hybridized carbons (Fsp3) is 0.647. The first-order valence-electron chi connectivity index (χ1n) is 8.18. The van der Waals surface area contributed by atoms with E-state index in [0.717, 1.165) is 64.6 Å². The molecule has 1 aromatic rings. The molecule has 0 bridgehead atoms. The standard InChI is InChI=1S/C17H26N2O2/c1-3-16(19-9-2-7-18-8-10-19)13-17(4-1)21-14-15-5-11-20-12-6-15/h1,3-4,13,15,18H,2,5-12,14H2. The molecule has 1 aromatic carbocycles. The van der Waals surface area contributed by atoms with Crippen molar-refractivity contribution >= 4 is 5.69 Å². The zero-order chi connectivity index (χ0) is 14.3. The minimum absolute atomic E-state index is 0.643. The summed E-state index contributed by atoms with van der Waals surface area (Å²) in [5.41, 5.74) is 1.28. The van der Waals surface area contributed by atoms with Gasteiger partial charge in [0, 0.05) is 44.6 Å². The third-order valence-electron chi connectivity index (χ3n) is 4.35. The van der Waals surface area contributed by atoms with Gasteiger partial charge in [0.05, 0.1) is 6.61 Å². The Kier molecular flexibility index (Phi) is 5.35. The normalized spacial score (nSPS) is 21.0. The maximum absolute atomic E-state index is 6.01. The van der Waals surface area contributed by atoms with Crippen LogP contribution in [0, 0.1) is 5.92 Å². The van der Waals surface area contributed by atoms with Crippen molar-refractivity contribution in [2.24, 2.45) is 5.92 Å². The van der Waals surface area contributed by atoms with Gasteiger partial charge < -0.3 is 19.7 Å². The van der Waals surface area contributed by atoms with E-state index in [-0.39, 0.29) is 0 Å². The molecule has 3 rings (SSSR count). The molecule has 2 saturated heterocycles. The Morgan fingerprint density at radius 3 is 3.00 bits per heavy atom. The molecule has 2 aliphatic rings. The van der Waals surface area contributed by atoms with Gasteiger partial charge in [0.25, 0.3) is 0 Å². The number of hydrogen-bond donors (Lipinski definition) is 1. The second kappa shape index (κ2) is 7.66. The average molecular weight is 290 g/mol. The van der Waals surface area contributed by atoms with Crippen LogP contribution in [-0.4, -0.2) is 46.0 Å². The second-order valence-electron chi connectivity index (χ2n) is 5.95. The lowest BCUT2D eigenvalue weighted by molar-refractivity contribution is 0.0497. The van der Waals surface area contributed by atoms with Gasteiger partial charge in [-0.2, -0.15) is 0 Å². The molecule has 0 aliphatic carbocycles. The van der Waals surface area contributed by atoms with Crippen molar-refractivity contribution in [1.29, 1.82) is 0 Å². The number of ether oxygens (including phenoxy) is 2. The smallest absolute Gasteiger partial charge is 0.121 e. The van der Waals surface area contributed by atoms with E-state index in [2.05, 4.69) is 34.5 Å². The van der Waals surface area contributed by atoms with Crippen LogP contribution in [0.2, 0.25) is 0 Å². The third-order valence-corrected chi connectivity index (χ3v) is 4.35. The van der Waals surface area contributed by atoms with Crippen molar-refractivity contribution in [2.75, 3.05) is 50.9 Å². The maximum atomic E-state index is 6.01. The molecule has 4 nitrogen and oxygen atoms in total. The van der Waals surface area contributed by atoms with Crippen LogP contribution in [0.3, 0.4) is 0 Å². The summed E-state index contributed by atoms with van der Waals surface area (Å²) in [7, 11) is 0. The fourth-order valence-electron chi connectivity index (χ4n) is 3.00. The van der Waals surface area contributed by atoms with Gasteiger partial charge in [-0.3, -0.25) is 0 Å². The van der Waals surface area contributed by atoms with Crippen molar-refractivity contribution in [2.45, 2.75) is 19.3 Å². The molecule has 0 unspecified atom stereocenters. The van der Waals surface area contributed by atoms with E-state index in [1.54, 1.807) is 0 Å². The SMILES string of the molecule is c1cc(OCC2CCOCC2)cc(N2CCCNCC2)c1. The Balaban J connectivity index is 1.56. The van der Waals surface area contributed by atoms with Crippen molar-refractivity contribution < 1.29 is 9.47 Å². The van der Waals surface area contributed by atoms with Crippen molar-refractivity contribution in [3.05, 3.63) is 24.3 Å². The maximum Gasteiger partial charge on any atom is 0.121 e. The summed E-state index contributed by atoms with van der Waals surface area (Å²) < 4.78 is 11.4. The van der Waals surface area contributed by atoms with E-state index in [0.29, 0.717) is 5.92 Å². The van der Waals surface area contributed by atoms with Gasteiger partial charge in [0.2, 0.25) is 0 Å². The summed E-state index contributed by atoms with van der Waals surface area (Å²) >= 11 is 0. The molecule has 0 aromatic heterocycles. The van der Waals surface area contributed by atoms with Crippen LogP contribution in [0.5, 0.6) is 5.75 Å². The van der Waals surface area contributed by atoms with E-state index >= 15 is 0 Å². The number of nitrogens with one attached hydrogen (secondary N) is 1. The summed E-state index contributed by atoms with van der Waals surface area (Å²) in [6.45, 7) is 6.96. The predicted molar refractivity (Wildman–Crippen MR) is 85.2 cm³/mol. The molecule has 2 fully saturated rings. The number of rotatable bonds is 4. The number of nitrogens with zero attached hydrogens (tertiary/aromatic N) is 1. The number of anilines is 1. The predicted octanol–water partition coefficient (Wildman–Crippen LogP) is 2.29. The zero-order valence-corrected chi connectivity index (χ0v) is 12.7. The van der Waals surface area contributed by atoms with Crippen LogP contribution in [0.25, 0.3) is 0 Å². The van der Waals surface area contributed by atoms with Crippen LogP contribution < -0.4 is 15.0 Å². The quantitative estimate of drug-likeness (QED) is 0.922. The van der Waals surface area contributed by atoms with Crippen LogP contribution >= 0.6 is 0 Å². The topological polar surface area (TPSA) is 33.7 Å². The largest absolute Gasteiger partial charge is 0.493 e. The highest BCUT2D eigenvalue weighted by atomic mass is 16.5. The van der Waals surface area contributed by atoms with Crippen molar-refractivity contribution in [1.82, 2.24) is 5.32 Å². The van der Waals surface area contributed by atoms with E-state index in [4.69, 9.17) is 9.47 Å². The molecule has 1 N–H and O–H groups in total. The van der Waals surface area contributed by atoms with Gasteiger partial charge in [-0.15, -0.1) is 0 Å². The molecule has 2 heterocycles. The van der Waals surface area contributed by atoms with Gasteiger partial charge in [-0.1, -0.05) is 6.07 Å². The van der Waals surface area contributed by atoms with Crippen LogP contribution in [0.15, 0.2) is 24.3 Å². The first kappa shape index (κ1) is 14.7. The van der Waals surface area contributed by atoms with Crippen LogP contribution in [0.4, 0.5) is 5.69 Å². The lowest BCUT2D eigenvalue weighted by Gasteiger charge is -2.24. The Labute approximate surface area is 127 Å². The molecular formula is C17H26N2O2. The van der Waals surface area contributed by atoms with Crippen LogP contribution in [0.1, 0.15) is 19.3 Å². The molecule has 4 heteroatoms. The molecule has 2 aliphatic heterocycles. The molecule has 0 radical (unpaired) electrons. The highest BCUT2D eigenvalue weighted by Gasteiger charge is 2.15. The number of benzene rings is 1. The number of hydrogen-bond acceptors (Lipinski definition) is 4. The van der Waals surface area contributed by atoms with Gasteiger partial charge in [-0.25, -0.2) is 0 Å². The summed E-state index contributed by atoms with van der Waals surface area (Å²) in [4.78, 5) is 2.45. The van der Waals surface area contributed by atoms with Gasteiger partial charge in [0.1, 0.15) is 5.75 Å². The molecule has 21 heavy (non-hydrogen) atoms. The lowest BCUT2D eigenvalue weighted by Crippen LogP contribution is -2.27.